The lowest BCUT2D eigenvalue weighted by Gasteiger charge is -2.26. The quantitative estimate of drug-likeness (QED) is 0.541. The minimum Gasteiger partial charge on any atom is -0.379 e. The lowest BCUT2D eigenvalue weighted by atomic mass is 10.2. The Morgan fingerprint density at radius 2 is 1.84 bits per heavy atom. The van der Waals surface area contributed by atoms with Gasteiger partial charge in [0.2, 0.25) is 5.95 Å². The Balaban J connectivity index is 1.53. The molecule has 4 N–H and O–H groups in total. The highest BCUT2D eigenvalue weighted by Crippen LogP contribution is 2.22. The Bertz CT molecular complexity index is 1070. The fourth-order valence-electron chi connectivity index (χ4n) is 3.47. The summed E-state index contributed by atoms with van der Waals surface area (Å²) in [5.41, 5.74) is 9.73. The summed E-state index contributed by atoms with van der Waals surface area (Å²) in [6.07, 6.45) is 1.44. The van der Waals surface area contributed by atoms with E-state index in [1.807, 2.05) is 43.3 Å². The van der Waals surface area contributed by atoms with Crippen molar-refractivity contribution in [2.45, 2.75) is 13.5 Å². The summed E-state index contributed by atoms with van der Waals surface area (Å²) in [5.74, 6) is 0.151. The van der Waals surface area contributed by atoms with E-state index in [1.165, 1.54) is 11.8 Å². The van der Waals surface area contributed by atoms with E-state index in [1.54, 1.807) is 0 Å². The molecular weight excluding hydrogens is 392 g/mol. The predicted molar refractivity (Wildman–Crippen MR) is 121 cm³/mol. The zero-order valence-electron chi connectivity index (χ0n) is 17.5. The number of amides is 1. The molecule has 2 aromatic carbocycles. The van der Waals surface area contributed by atoms with Crippen LogP contribution in [0.2, 0.25) is 0 Å². The fourth-order valence-corrected chi connectivity index (χ4v) is 3.47. The van der Waals surface area contributed by atoms with Crippen LogP contribution >= 0.6 is 0 Å². The van der Waals surface area contributed by atoms with Crippen LogP contribution in [0.25, 0.3) is 0 Å². The van der Waals surface area contributed by atoms with Crippen molar-refractivity contribution in [2.75, 3.05) is 36.9 Å². The van der Waals surface area contributed by atoms with Crippen LogP contribution in [0.1, 0.15) is 21.5 Å². The van der Waals surface area contributed by atoms with Crippen LogP contribution in [-0.2, 0) is 11.3 Å². The first-order valence-electron chi connectivity index (χ1n) is 10.2. The van der Waals surface area contributed by atoms with Gasteiger partial charge in [-0.3, -0.25) is 9.69 Å². The third kappa shape index (κ3) is 5.56. The number of anilines is 4. The van der Waals surface area contributed by atoms with Crippen molar-refractivity contribution in [3.05, 3.63) is 71.4 Å². The van der Waals surface area contributed by atoms with E-state index in [0.717, 1.165) is 49.8 Å². The fraction of sp³-hybridized carbons (Fsp3) is 0.261. The zero-order valence-corrected chi connectivity index (χ0v) is 17.5. The SMILES string of the molecule is Cc1cccc(Nc2nc(Nc3cccc(CN4CCOCC4)c3)ncc2C(N)=O)c1. The predicted octanol–water partition coefficient (Wildman–Crippen LogP) is 3.20. The van der Waals surface area contributed by atoms with Crippen molar-refractivity contribution < 1.29 is 9.53 Å². The molecule has 1 aliphatic heterocycles. The highest BCUT2D eigenvalue weighted by molar-refractivity contribution is 5.98. The first-order chi connectivity index (χ1) is 15.1. The Hall–Kier alpha value is -3.49. The van der Waals surface area contributed by atoms with Gasteiger partial charge in [0, 0.05) is 37.2 Å². The molecule has 0 spiro atoms. The second-order valence-electron chi connectivity index (χ2n) is 7.53. The topological polar surface area (TPSA) is 105 Å². The van der Waals surface area contributed by atoms with Crippen molar-refractivity contribution >= 4 is 29.0 Å². The summed E-state index contributed by atoms with van der Waals surface area (Å²) in [6.45, 7) is 6.27. The molecule has 3 aromatic rings. The van der Waals surface area contributed by atoms with Gasteiger partial charge in [-0.15, -0.1) is 0 Å². The normalized spacial score (nSPS) is 14.2. The van der Waals surface area contributed by atoms with Gasteiger partial charge in [-0.2, -0.15) is 4.98 Å². The standard InChI is InChI=1S/C23H26N6O2/c1-16-4-2-6-18(12-16)26-22-20(21(24)30)14-25-23(28-22)27-19-7-3-5-17(13-19)15-29-8-10-31-11-9-29/h2-7,12-14H,8-11,15H2,1H3,(H2,24,30)(H2,25,26,27,28). The van der Waals surface area contributed by atoms with E-state index in [-0.39, 0.29) is 5.56 Å². The second kappa shape index (κ2) is 9.55. The van der Waals surface area contributed by atoms with E-state index in [2.05, 4.69) is 37.6 Å². The van der Waals surface area contributed by atoms with Crippen LogP contribution in [0.5, 0.6) is 0 Å². The Labute approximate surface area is 181 Å². The number of ether oxygens (including phenoxy) is 1. The number of carbonyl (C=O) groups is 1. The maximum absolute atomic E-state index is 11.9. The van der Waals surface area contributed by atoms with Crippen LogP contribution in [0.15, 0.2) is 54.7 Å². The van der Waals surface area contributed by atoms with Gasteiger partial charge in [0.05, 0.1) is 13.2 Å². The van der Waals surface area contributed by atoms with Crippen LogP contribution in [0, 0.1) is 6.92 Å². The van der Waals surface area contributed by atoms with E-state index in [9.17, 15) is 4.79 Å². The molecule has 0 radical (unpaired) electrons. The molecule has 1 aromatic heterocycles. The van der Waals surface area contributed by atoms with E-state index >= 15 is 0 Å². The molecule has 0 unspecified atom stereocenters. The number of aromatic nitrogens is 2. The summed E-state index contributed by atoms with van der Waals surface area (Å²) in [5, 5.41) is 6.40. The molecule has 8 nitrogen and oxygen atoms in total. The molecule has 31 heavy (non-hydrogen) atoms. The maximum Gasteiger partial charge on any atom is 0.254 e. The summed E-state index contributed by atoms with van der Waals surface area (Å²) >= 11 is 0. The van der Waals surface area contributed by atoms with Crippen molar-refractivity contribution in [3.8, 4) is 0 Å². The smallest absolute Gasteiger partial charge is 0.254 e. The molecule has 1 fully saturated rings. The number of primary amides is 1. The Morgan fingerprint density at radius 3 is 2.58 bits per heavy atom. The molecule has 2 heterocycles. The van der Waals surface area contributed by atoms with Crippen molar-refractivity contribution in [2.24, 2.45) is 5.73 Å². The first-order valence-corrected chi connectivity index (χ1v) is 10.2. The highest BCUT2D eigenvalue weighted by Gasteiger charge is 2.14. The number of morpholine rings is 1. The average molecular weight is 419 g/mol. The van der Waals surface area contributed by atoms with Crippen LogP contribution < -0.4 is 16.4 Å². The number of carbonyl (C=O) groups excluding carboxylic acids is 1. The third-order valence-corrected chi connectivity index (χ3v) is 5.03. The molecule has 0 aliphatic carbocycles. The van der Waals surface area contributed by atoms with Gasteiger partial charge in [-0.1, -0.05) is 24.3 Å². The number of hydrogen-bond donors (Lipinski definition) is 3. The van der Waals surface area contributed by atoms with E-state index in [0.29, 0.717) is 11.8 Å². The largest absolute Gasteiger partial charge is 0.379 e. The number of rotatable bonds is 7. The summed E-state index contributed by atoms with van der Waals surface area (Å²) < 4.78 is 5.42. The van der Waals surface area contributed by atoms with Crippen LogP contribution in [0.4, 0.5) is 23.1 Å². The number of benzene rings is 2. The van der Waals surface area contributed by atoms with Gasteiger partial charge in [0.1, 0.15) is 11.4 Å². The molecule has 160 valence electrons. The summed E-state index contributed by atoms with van der Waals surface area (Å²) in [6, 6.07) is 15.9. The first kappa shape index (κ1) is 20.8. The molecule has 1 saturated heterocycles. The van der Waals surface area contributed by atoms with E-state index < -0.39 is 5.91 Å². The van der Waals surface area contributed by atoms with Crippen molar-refractivity contribution in [1.29, 1.82) is 0 Å². The Kier molecular flexibility index (Phi) is 6.40. The average Bonchev–Trinajstić information content (AvgIpc) is 2.75. The molecule has 1 amide bonds. The maximum atomic E-state index is 11.9. The molecule has 1 aliphatic rings. The molecule has 8 heteroatoms. The minimum atomic E-state index is -0.589. The minimum absolute atomic E-state index is 0.230. The molecule has 0 bridgehead atoms. The molecule has 4 rings (SSSR count). The van der Waals surface area contributed by atoms with Gasteiger partial charge < -0.3 is 21.1 Å². The number of hydrogen-bond acceptors (Lipinski definition) is 7. The number of aryl methyl sites for hydroxylation is 1. The number of nitrogens with two attached hydrogens (primary N) is 1. The molecular formula is C23H26N6O2. The highest BCUT2D eigenvalue weighted by atomic mass is 16.5. The van der Waals surface area contributed by atoms with Crippen LogP contribution in [0.3, 0.4) is 0 Å². The molecule has 0 saturated carbocycles. The van der Waals surface area contributed by atoms with Gasteiger partial charge in [-0.25, -0.2) is 4.98 Å². The van der Waals surface area contributed by atoms with Crippen LogP contribution in [-0.4, -0.2) is 47.1 Å². The van der Waals surface area contributed by atoms with Gasteiger partial charge in [0.25, 0.3) is 5.91 Å². The second-order valence-corrected chi connectivity index (χ2v) is 7.53. The van der Waals surface area contributed by atoms with Gasteiger partial charge in [0.15, 0.2) is 0 Å². The Morgan fingerprint density at radius 1 is 1.10 bits per heavy atom. The molecule has 0 atom stereocenters. The lowest BCUT2D eigenvalue weighted by molar-refractivity contribution is 0.0342. The lowest BCUT2D eigenvalue weighted by Crippen LogP contribution is -2.35. The van der Waals surface area contributed by atoms with Gasteiger partial charge >= 0.3 is 0 Å². The van der Waals surface area contributed by atoms with Crippen molar-refractivity contribution in [3.63, 3.8) is 0 Å². The zero-order chi connectivity index (χ0) is 21.6. The monoisotopic (exact) mass is 418 g/mol. The summed E-state index contributed by atoms with van der Waals surface area (Å²) in [4.78, 5) is 23.0. The van der Waals surface area contributed by atoms with Crippen molar-refractivity contribution in [1.82, 2.24) is 14.9 Å². The number of nitrogens with zero attached hydrogens (tertiary/aromatic N) is 3. The van der Waals surface area contributed by atoms with E-state index in [4.69, 9.17) is 10.5 Å². The van der Waals surface area contributed by atoms with Gasteiger partial charge in [-0.05, 0) is 42.3 Å². The summed E-state index contributed by atoms with van der Waals surface area (Å²) in [7, 11) is 0. The third-order valence-electron chi connectivity index (χ3n) is 5.03. The number of nitrogens with one attached hydrogen (secondary N) is 2.